The summed E-state index contributed by atoms with van der Waals surface area (Å²) in [4.78, 5) is 2.49. The molecule has 2 aliphatic heterocycles. The van der Waals surface area contributed by atoms with Crippen LogP contribution in [0.1, 0.15) is 53.4 Å². The van der Waals surface area contributed by atoms with E-state index < -0.39 is 0 Å². The average Bonchev–Trinajstić information content (AvgIpc) is 3.01. The van der Waals surface area contributed by atoms with Gasteiger partial charge in [-0.15, -0.1) is 0 Å². The van der Waals surface area contributed by atoms with E-state index in [2.05, 4.69) is 50.9 Å². The highest BCUT2D eigenvalue weighted by atomic mass is 16.7. The van der Waals surface area contributed by atoms with Crippen LogP contribution in [0, 0.1) is 0 Å². The molecule has 0 amide bonds. The maximum atomic E-state index is 6.09. The fourth-order valence-electron chi connectivity index (χ4n) is 3.39. The number of piperidine rings is 1. The van der Waals surface area contributed by atoms with Gasteiger partial charge in [0.1, 0.15) is 0 Å². The van der Waals surface area contributed by atoms with Crippen LogP contribution in [0.5, 0.6) is 0 Å². The summed E-state index contributed by atoms with van der Waals surface area (Å²) in [6.07, 6.45) is 9.11. The van der Waals surface area contributed by atoms with E-state index in [1.165, 1.54) is 25.8 Å². The Kier molecular flexibility index (Phi) is 4.60. The van der Waals surface area contributed by atoms with Crippen LogP contribution < -0.4 is 5.46 Å². The van der Waals surface area contributed by atoms with Crippen molar-refractivity contribution < 1.29 is 9.31 Å². The van der Waals surface area contributed by atoms with Gasteiger partial charge in [-0.3, -0.25) is 4.68 Å². The zero-order valence-electron chi connectivity index (χ0n) is 15.2. The van der Waals surface area contributed by atoms with Crippen LogP contribution in [0.2, 0.25) is 0 Å². The zero-order chi connectivity index (χ0) is 16.7. The quantitative estimate of drug-likeness (QED) is 0.797. The second-order valence-electron chi connectivity index (χ2n) is 8.04. The van der Waals surface area contributed by atoms with Gasteiger partial charge in [-0.05, 0) is 60.5 Å². The highest BCUT2D eigenvalue weighted by Crippen LogP contribution is 2.36. The number of aryl methyl sites for hydroxylation is 1. The molecule has 3 rings (SSSR count). The Hall–Kier alpha value is -0.845. The summed E-state index contributed by atoms with van der Waals surface area (Å²) in [6.45, 7) is 10.5. The van der Waals surface area contributed by atoms with E-state index in [0.717, 1.165) is 18.4 Å². The number of hydrogen-bond acceptors (Lipinski definition) is 4. The van der Waals surface area contributed by atoms with Gasteiger partial charge < -0.3 is 14.2 Å². The van der Waals surface area contributed by atoms with Gasteiger partial charge >= 0.3 is 7.12 Å². The summed E-state index contributed by atoms with van der Waals surface area (Å²) in [5.41, 5.74) is 0.412. The smallest absolute Gasteiger partial charge is 0.399 e. The Morgan fingerprint density at radius 1 is 1.22 bits per heavy atom. The Morgan fingerprint density at radius 2 is 1.91 bits per heavy atom. The number of aromatic nitrogens is 2. The first-order valence-corrected chi connectivity index (χ1v) is 8.87. The molecule has 1 aromatic heterocycles. The van der Waals surface area contributed by atoms with Crippen molar-refractivity contribution in [1.82, 2.24) is 14.7 Å². The van der Waals surface area contributed by atoms with Gasteiger partial charge in [0.05, 0.1) is 11.2 Å². The molecular weight excluding hydrogens is 289 g/mol. The van der Waals surface area contributed by atoms with E-state index in [1.54, 1.807) is 0 Å². The van der Waals surface area contributed by atoms with Crippen LogP contribution in [0.4, 0.5) is 0 Å². The molecule has 6 heteroatoms. The molecular formula is C17H30BN3O2. The van der Waals surface area contributed by atoms with Gasteiger partial charge in [-0.25, -0.2) is 0 Å². The summed E-state index contributed by atoms with van der Waals surface area (Å²) < 4.78 is 14.2. The Labute approximate surface area is 140 Å². The number of hydrogen-bond donors (Lipinski definition) is 0. The second kappa shape index (κ2) is 6.23. The molecule has 0 spiro atoms. The molecule has 2 fully saturated rings. The van der Waals surface area contributed by atoms with Crippen LogP contribution in [0.15, 0.2) is 12.4 Å². The average molecular weight is 319 g/mol. The van der Waals surface area contributed by atoms with Gasteiger partial charge in [0.25, 0.3) is 0 Å². The van der Waals surface area contributed by atoms with Crippen LogP contribution in [-0.4, -0.2) is 52.6 Å². The maximum absolute atomic E-state index is 6.09. The lowest BCUT2D eigenvalue weighted by Crippen LogP contribution is -2.41. The summed E-state index contributed by atoms with van der Waals surface area (Å²) in [6, 6.07) is 0.688. The summed E-state index contributed by atoms with van der Waals surface area (Å²) in [5.74, 6) is 0. The largest absolute Gasteiger partial charge is 0.498 e. The normalized spacial score (nSPS) is 27.5. The van der Waals surface area contributed by atoms with Gasteiger partial charge in [0.15, 0.2) is 0 Å². The van der Waals surface area contributed by atoms with Gasteiger partial charge in [-0.2, -0.15) is 5.10 Å². The molecule has 3 heterocycles. The minimum Gasteiger partial charge on any atom is -0.399 e. The zero-order valence-corrected chi connectivity index (χ0v) is 15.2. The fourth-order valence-corrected chi connectivity index (χ4v) is 3.39. The molecule has 0 saturated carbocycles. The van der Waals surface area contributed by atoms with Crippen LogP contribution in [-0.2, 0) is 15.9 Å². The lowest BCUT2D eigenvalue weighted by atomic mass is 9.82. The van der Waals surface area contributed by atoms with Crippen molar-refractivity contribution in [2.24, 2.45) is 0 Å². The molecule has 0 radical (unpaired) electrons. The second-order valence-corrected chi connectivity index (χ2v) is 8.04. The van der Waals surface area contributed by atoms with Gasteiger partial charge in [-0.1, -0.05) is 6.42 Å². The number of rotatable bonds is 4. The van der Waals surface area contributed by atoms with Crippen molar-refractivity contribution >= 4 is 12.6 Å². The number of likely N-dealkylation sites (tertiary alicyclic amines) is 1. The minimum absolute atomic E-state index is 0.301. The first-order valence-electron chi connectivity index (χ1n) is 8.87. The SMILES string of the molecule is CN1CCCCC1CCn1cc(B2OC(C)(C)C(C)(C)O2)cn1. The highest BCUT2D eigenvalue weighted by molar-refractivity contribution is 6.61. The third kappa shape index (κ3) is 3.49. The lowest BCUT2D eigenvalue weighted by Gasteiger charge is -2.32. The summed E-state index contributed by atoms with van der Waals surface area (Å²) in [5, 5.41) is 4.50. The van der Waals surface area contributed by atoms with Crippen molar-refractivity contribution in [3.8, 4) is 0 Å². The molecule has 0 aliphatic carbocycles. The predicted octanol–water partition coefficient (Wildman–Crippen LogP) is 2.06. The van der Waals surface area contributed by atoms with Crippen LogP contribution >= 0.6 is 0 Å². The molecule has 0 N–H and O–H groups in total. The third-order valence-corrected chi connectivity index (χ3v) is 5.79. The van der Waals surface area contributed by atoms with E-state index in [-0.39, 0.29) is 18.3 Å². The third-order valence-electron chi connectivity index (χ3n) is 5.79. The van der Waals surface area contributed by atoms with Crippen molar-refractivity contribution in [2.45, 2.75) is 77.2 Å². The Balaban J connectivity index is 1.58. The molecule has 2 saturated heterocycles. The Bertz CT molecular complexity index is 528. The van der Waals surface area contributed by atoms with E-state index in [4.69, 9.17) is 9.31 Å². The lowest BCUT2D eigenvalue weighted by molar-refractivity contribution is 0.00578. The van der Waals surface area contributed by atoms with Crippen molar-refractivity contribution in [2.75, 3.05) is 13.6 Å². The number of nitrogens with zero attached hydrogens (tertiary/aromatic N) is 3. The van der Waals surface area contributed by atoms with E-state index >= 15 is 0 Å². The fraction of sp³-hybridized carbons (Fsp3) is 0.824. The van der Waals surface area contributed by atoms with Crippen LogP contribution in [0.25, 0.3) is 0 Å². The topological polar surface area (TPSA) is 39.5 Å². The van der Waals surface area contributed by atoms with E-state index in [1.807, 2.05) is 10.9 Å². The molecule has 0 bridgehead atoms. The summed E-state index contributed by atoms with van der Waals surface area (Å²) in [7, 11) is 1.93. The van der Waals surface area contributed by atoms with Gasteiger partial charge in [0, 0.05) is 30.4 Å². The van der Waals surface area contributed by atoms with Crippen molar-refractivity contribution in [1.29, 1.82) is 0 Å². The van der Waals surface area contributed by atoms with Crippen molar-refractivity contribution in [3.05, 3.63) is 12.4 Å². The molecule has 1 unspecified atom stereocenters. The molecule has 0 aromatic carbocycles. The van der Waals surface area contributed by atoms with E-state index in [0.29, 0.717) is 6.04 Å². The highest BCUT2D eigenvalue weighted by Gasteiger charge is 2.52. The standard InChI is InChI=1S/C17H30BN3O2/c1-16(2)17(3,4)23-18(22-16)14-12-19-21(13-14)11-9-15-8-6-7-10-20(15)5/h12-13,15H,6-11H2,1-5H3. The first kappa shape index (κ1) is 17.0. The molecule has 23 heavy (non-hydrogen) atoms. The van der Waals surface area contributed by atoms with Crippen molar-refractivity contribution in [3.63, 3.8) is 0 Å². The maximum Gasteiger partial charge on any atom is 0.498 e. The molecule has 1 atom stereocenters. The molecule has 5 nitrogen and oxygen atoms in total. The molecule has 128 valence electrons. The molecule has 2 aliphatic rings. The first-order chi connectivity index (χ1) is 10.8. The van der Waals surface area contributed by atoms with Crippen LogP contribution in [0.3, 0.4) is 0 Å². The monoisotopic (exact) mass is 319 g/mol. The van der Waals surface area contributed by atoms with Gasteiger partial charge in [0.2, 0.25) is 0 Å². The Morgan fingerprint density at radius 3 is 2.57 bits per heavy atom. The molecule has 1 aromatic rings. The summed E-state index contributed by atoms with van der Waals surface area (Å²) >= 11 is 0. The minimum atomic E-state index is -0.314. The van der Waals surface area contributed by atoms with E-state index in [9.17, 15) is 0 Å². The predicted molar refractivity (Wildman–Crippen MR) is 92.8 cm³/mol.